The fraction of sp³-hybridized carbons (Fsp3) is 0.250. The van der Waals surface area contributed by atoms with Crippen molar-refractivity contribution in [2.75, 3.05) is 36.4 Å². The molecule has 1 saturated heterocycles. The second-order valence-corrected chi connectivity index (χ2v) is 8.49. The summed E-state index contributed by atoms with van der Waals surface area (Å²) in [6, 6.07) is 14.1. The molecule has 8 heteroatoms. The minimum absolute atomic E-state index is 0.0249. The molecule has 2 heterocycles. The van der Waals surface area contributed by atoms with E-state index in [9.17, 15) is 9.18 Å². The SMILES string of the molecule is O=C(Nc1ccc(F)c(Cl)c1)N1CCCN(c2c(Cl)cncc2Cc2ccccc2)CC1. The lowest BCUT2D eigenvalue weighted by Crippen LogP contribution is -2.38. The first-order chi connectivity index (χ1) is 15.5. The highest BCUT2D eigenvalue weighted by atomic mass is 35.5. The number of aromatic nitrogens is 1. The minimum atomic E-state index is -0.518. The number of urea groups is 1. The quantitative estimate of drug-likeness (QED) is 0.516. The molecule has 3 aromatic rings. The van der Waals surface area contributed by atoms with Crippen LogP contribution < -0.4 is 10.2 Å². The number of nitrogens with one attached hydrogen (secondary N) is 1. The number of nitrogens with zero attached hydrogens (tertiary/aromatic N) is 3. The molecule has 2 aromatic carbocycles. The van der Waals surface area contributed by atoms with Crippen LogP contribution in [-0.2, 0) is 6.42 Å². The van der Waals surface area contributed by atoms with Crippen LogP contribution in [0.25, 0.3) is 0 Å². The Bertz CT molecular complexity index is 1100. The maximum atomic E-state index is 13.4. The number of carbonyl (C=O) groups excluding carboxylic acids is 1. The zero-order valence-electron chi connectivity index (χ0n) is 17.4. The normalized spacial score (nSPS) is 14.2. The Balaban J connectivity index is 1.46. The molecule has 0 saturated carbocycles. The van der Waals surface area contributed by atoms with Gasteiger partial charge < -0.3 is 15.1 Å². The summed E-state index contributed by atoms with van der Waals surface area (Å²) in [5, 5.41) is 3.38. The fourth-order valence-electron chi connectivity index (χ4n) is 3.89. The molecule has 0 spiro atoms. The van der Waals surface area contributed by atoms with E-state index in [4.69, 9.17) is 23.2 Å². The van der Waals surface area contributed by atoms with Crippen LogP contribution in [0.1, 0.15) is 17.5 Å². The largest absolute Gasteiger partial charge is 0.368 e. The van der Waals surface area contributed by atoms with Crippen LogP contribution in [-0.4, -0.2) is 42.1 Å². The Hall–Kier alpha value is -2.83. The van der Waals surface area contributed by atoms with E-state index in [2.05, 4.69) is 27.3 Å². The summed E-state index contributed by atoms with van der Waals surface area (Å²) >= 11 is 12.4. The zero-order chi connectivity index (χ0) is 22.5. The standard InChI is InChI=1S/C24H23Cl2FN4O/c25-20-14-19(7-8-22(20)27)29-24(32)31-10-4-9-30(11-12-31)23-18(15-28-16-21(23)26)13-17-5-2-1-3-6-17/h1-3,5-8,14-16H,4,9-13H2,(H,29,32). The van der Waals surface area contributed by atoms with Crippen molar-refractivity contribution < 1.29 is 9.18 Å². The van der Waals surface area contributed by atoms with Crippen LogP contribution in [0.2, 0.25) is 10.0 Å². The lowest BCUT2D eigenvalue weighted by molar-refractivity contribution is 0.215. The van der Waals surface area contributed by atoms with Gasteiger partial charge in [-0.2, -0.15) is 0 Å². The second kappa shape index (κ2) is 10.2. The van der Waals surface area contributed by atoms with Crippen LogP contribution in [0.4, 0.5) is 20.6 Å². The van der Waals surface area contributed by atoms with Gasteiger partial charge in [-0.3, -0.25) is 4.98 Å². The lowest BCUT2D eigenvalue weighted by atomic mass is 10.0. The van der Waals surface area contributed by atoms with E-state index in [0.717, 1.165) is 30.6 Å². The Morgan fingerprint density at radius 3 is 2.59 bits per heavy atom. The Morgan fingerprint density at radius 1 is 1.00 bits per heavy atom. The van der Waals surface area contributed by atoms with E-state index in [1.54, 1.807) is 11.1 Å². The first-order valence-electron chi connectivity index (χ1n) is 10.4. The van der Waals surface area contributed by atoms with Gasteiger partial charge in [-0.1, -0.05) is 53.5 Å². The van der Waals surface area contributed by atoms with Crippen LogP contribution in [0.15, 0.2) is 60.9 Å². The molecule has 2 amide bonds. The molecule has 1 aliphatic heterocycles. The molecule has 0 atom stereocenters. The zero-order valence-corrected chi connectivity index (χ0v) is 18.9. The predicted octanol–water partition coefficient (Wildman–Crippen LogP) is 5.86. The lowest BCUT2D eigenvalue weighted by Gasteiger charge is -2.27. The van der Waals surface area contributed by atoms with E-state index in [1.165, 1.54) is 23.8 Å². The van der Waals surface area contributed by atoms with Gasteiger partial charge in [0.15, 0.2) is 0 Å². The van der Waals surface area contributed by atoms with Crippen molar-refractivity contribution >= 4 is 40.6 Å². The maximum absolute atomic E-state index is 13.4. The molecule has 5 nitrogen and oxygen atoms in total. The average molecular weight is 473 g/mol. The van der Waals surface area contributed by atoms with Crippen molar-refractivity contribution in [3.63, 3.8) is 0 Å². The summed E-state index contributed by atoms with van der Waals surface area (Å²) in [6.07, 6.45) is 5.05. The Morgan fingerprint density at radius 2 is 1.81 bits per heavy atom. The van der Waals surface area contributed by atoms with Gasteiger partial charge >= 0.3 is 6.03 Å². The van der Waals surface area contributed by atoms with Crippen LogP contribution in [0.5, 0.6) is 0 Å². The number of pyridine rings is 1. The molecule has 32 heavy (non-hydrogen) atoms. The van der Waals surface area contributed by atoms with Gasteiger partial charge in [-0.05, 0) is 35.7 Å². The van der Waals surface area contributed by atoms with Gasteiger partial charge in [0, 0.05) is 50.7 Å². The maximum Gasteiger partial charge on any atom is 0.321 e. The van der Waals surface area contributed by atoms with Crippen molar-refractivity contribution in [1.29, 1.82) is 0 Å². The number of benzene rings is 2. The summed E-state index contributed by atoms with van der Waals surface area (Å²) in [6.45, 7) is 2.55. The molecule has 0 unspecified atom stereocenters. The summed E-state index contributed by atoms with van der Waals surface area (Å²) in [4.78, 5) is 21.0. The van der Waals surface area contributed by atoms with Gasteiger partial charge in [0.2, 0.25) is 0 Å². The number of anilines is 2. The van der Waals surface area contributed by atoms with E-state index < -0.39 is 5.82 Å². The molecule has 0 radical (unpaired) electrons. The topological polar surface area (TPSA) is 48.5 Å². The van der Waals surface area contributed by atoms with E-state index in [1.807, 2.05) is 24.4 Å². The monoisotopic (exact) mass is 472 g/mol. The molecular weight excluding hydrogens is 450 g/mol. The van der Waals surface area contributed by atoms with Crippen LogP contribution in [0.3, 0.4) is 0 Å². The number of hydrogen-bond acceptors (Lipinski definition) is 3. The molecular formula is C24H23Cl2FN4O. The van der Waals surface area contributed by atoms with Gasteiger partial charge in [0.1, 0.15) is 5.82 Å². The highest BCUT2D eigenvalue weighted by Gasteiger charge is 2.23. The number of hydrogen-bond donors (Lipinski definition) is 1. The molecule has 1 fully saturated rings. The van der Waals surface area contributed by atoms with E-state index >= 15 is 0 Å². The molecule has 1 aromatic heterocycles. The van der Waals surface area contributed by atoms with Crippen molar-refractivity contribution in [3.8, 4) is 0 Å². The third kappa shape index (κ3) is 5.31. The number of halogens is 3. The first kappa shape index (κ1) is 22.4. The smallest absolute Gasteiger partial charge is 0.321 e. The highest BCUT2D eigenvalue weighted by molar-refractivity contribution is 6.33. The highest BCUT2D eigenvalue weighted by Crippen LogP contribution is 2.31. The van der Waals surface area contributed by atoms with Gasteiger partial charge in [-0.15, -0.1) is 0 Å². The van der Waals surface area contributed by atoms with Crippen LogP contribution in [0, 0.1) is 5.82 Å². The first-order valence-corrected chi connectivity index (χ1v) is 11.2. The third-order valence-electron chi connectivity index (χ3n) is 5.46. The van der Waals surface area contributed by atoms with E-state index in [-0.39, 0.29) is 11.1 Å². The molecule has 1 N–H and O–H groups in total. The molecule has 166 valence electrons. The fourth-order valence-corrected chi connectivity index (χ4v) is 4.37. The number of amides is 2. The van der Waals surface area contributed by atoms with Crippen molar-refractivity contribution in [2.24, 2.45) is 0 Å². The van der Waals surface area contributed by atoms with Crippen molar-refractivity contribution in [2.45, 2.75) is 12.8 Å². The summed E-state index contributed by atoms with van der Waals surface area (Å²) < 4.78 is 13.4. The van der Waals surface area contributed by atoms with E-state index in [0.29, 0.717) is 30.3 Å². The molecule has 0 aliphatic carbocycles. The number of rotatable bonds is 4. The Kier molecular flexibility index (Phi) is 7.12. The Labute approximate surface area is 196 Å². The summed E-state index contributed by atoms with van der Waals surface area (Å²) in [7, 11) is 0. The van der Waals surface area contributed by atoms with Crippen LogP contribution >= 0.6 is 23.2 Å². The number of carbonyl (C=O) groups is 1. The van der Waals surface area contributed by atoms with Gasteiger partial charge in [0.25, 0.3) is 0 Å². The molecule has 1 aliphatic rings. The predicted molar refractivity (Wildman–Crippen MR) is 127 cm³/mol. The second-order valence-electron chi connectivity index (χ2n) is 7.68. The summed E-state index contributed by atoms with van der Waals surface area (Å²) in [5.41, 5.74) is 3.68. The molecule has 4 rings (SSSR count). The van der Waals surface area contributed by atoms with Crippen molar-refractivity contribution in [1.82, 2.24) is 9.88 Å². The molecule has 0 bridgehead atoms. The average Bonchev–Trinajstić information content (AvgIpc) is 3.03. The third-order valence-corrected chi connectivity index (χ3v) is 6.02. The minimum Gasteiger partial charge on any atom is -0.368 e. The van der Waals surface area contributed by atoms with Gasteiger partial charge in [0.05, 0.1) is 15.7 Å². The summed E-state index contributed by atoms with van der Waals surface area (Å²) in [5.74, 6) is -0.518. The van der Waals surface area contributed by atoms with Gasteiger partial charge in [-0.25, -0.2) is 9.18 Å². The van der Waals surface area contributed by atoms with Crippen molar-refractivity contribution in [3.05, 3.63) is 87.9 Å².